The number of nitrogens with zero attached hydrogens (tertiary/aromatic N) is 3. The first kappa shape index (κ1) is 16.7. The van der Waals surface area contributed by atoms with Gasteiger partial charge in [0, 0.05) is 25.7 Å². The van der Waals surface area contributed by atoms with E-state index in [1.807, 2.05) is 20.9 Å². The number of aryl methyl sites for hydroxylation is 2. The van der Waals surface area contributed by atoms with E-state index in [1.165, 1.54) is 12.8 Å². The number of rotatable bonds is 6. The quantitative estimate of drug-likeness (QED) is 0.837. The summed E-state index contributed by atoms with van der Waals surface area (Å²) >= 11 is 6.23. The SMILES string of the molecule is Cc1nn(C)c(Cl)c1CNCC1CCN(CC(C)O)CC1. The number of aromatic nitrogens is 2. The Morgan fingerprint density at radius 2 is 2.10 bits per heavy atom. The third kappa shape index (κ3) is 4.68. The Morgan fingerprint density at radius 1 is 1.43 bits per heavy atom. The van der Waals surface area contributed by atoms with E-state index in [2.05, 4.69) is 15.3 Å². The zero-order valence-electron chi connectivity index (χ0n) is 13.3. The lowest BCUT2D eigenvalue weighted by Crippen LogP contribution is -2.40. The number of hydrogen-bond donors (Lipinski definition) is 2. The van der Waals surface area contributed by atoms with Gasteiger partial charge < -0.3 is 15.3 Å². The van der Waals surface area contributed by atoms with Gasteiger partial charge in [-0.3, -0.25) is 4.68 Å². The summed E-state index contributed by atoms with van der Waals surface area (Å²) in [4.78, 5) is 2.35. The van der Waals surface area contributed by atoms with Crippen LogP contribution in [0.5, 0.6) is 0 Å². The van der Waals surface area contributed by atoms with E-state index in [0.717, 1.165) is 49.1 Å². The third-order valence-electron chi connectivity index (χ3n) is 4.23. The van der Waals surface area contributed by atoms with Crippen LogP contribution >= 0.6 is 11.6 Å². The van der Waals surface area contributed by atoms with Crippen molar-refractivity contribution in [3.05, 3.63) is 16.4 Å². The van der Waals surface area contributed by atoms with Crippen molar-refractivity contribution in [2.75, 3.05) is 26.2 Å². The van der Waals surface area contributed by atoms with Crippen LogP contribution in [0.3, 0.4) is 0 Å². The minimum atomic E-state index is -0.227. The molecule has 0 amide bonds. The highest BCUT2D eigenvalue weighted by molar-refractivity contribution is 6.30. The molecule has 2 rings (SSSR count). The van der Waals surface area contributed by atoms with Crippen molar-refractivity contribution in [3.63, 3.8) is 0 Å². The Labute approximate surface area is 132 Å². The summed E-state index contributed by atoms with van der Waals surface area (Å²) in [6.45, 7) is 8.63. The smallest absolute Gasteiger partial charge is 0.131 e. The van der Waals surface area contributed by atoms with Gasteiger partial charge in [0.1, 0.15) is 5.15 Å². The molecule has 1 saturated heterocycles. The van der Waals surface area contributed by atoms with Crippen molar-refractivity contribution in [1.82, 2.24) is 20.0 Å². The lowest BCUT2D eigenvalue weighted by Gasteiger charge is -2.32. The molecule has 2 heterocycles. The van der Waals surface area contributed by atoms with Gasteiger partial charge in [-0.25, -0.2) is 0 Å². The predicted molar refractivity (Wildman–Crippen MR) is 85.5 cm³/mol. The Kier molecular flexibility index (Phi) is 6.05. The lowest BCUT2D eigenvalue weighted by molar-refractivity contribution is 0.0998. The summed E-state index contributed by atoms with van der Waals surface area (Å²) in [5, 5.41) is 18.0. The maximum atomic E-state index is 9.42. The highest BCUT2D eigenvalue weighted by Crippen LogP contribution is 2.19. The van der Waals surface area contributed by atoms with Crippen molar-refractivity contribution in [2.24, 2.45) is 13.0 Å². The number of nitrogens with one attached hydrogen (secondary N) is 1. The summed E-state index contributed by atoms with van der Waals surface area (Å²) in [5.74, 6) is 0.714. The molecule has 1 aromatic rings. The van der Waals surface area contributed by atoms with Crippen LogP contribution < -0.4 is 5.32 Å². The van der Waals surface area contributed by atoms with Crippen molar-refractivity contribution in [2.45, 2.75) is 39.3 Å². The highest BCUT2D eigenvalue weighted by atomic mass is 35.5. The van der Waals surface area contributed by atoms with Crippen molar-refractivity contribution >= 4 is 11.6 Å². The van der Waals surface area contributed by atoms with Crippen LogP contribution in [0.25, 0.3) is 0 Å². The van der Waals surface area contributed by atoms with E-state index in [-0.39, 0.29) is 6.10 Å². The standard InChI is InChI=1S/C15H27ClN4O/c1-11(21)10-20-6-4-13(5-7-20)8-17-9-14-12(2)18-19(3)15(14)16/h11,13,17,21H,4-10H2,1-3H3. The van der Waals surface area contributed by atoms with Gasteiger partial charge in [-0.2, -0.15) is 5.10 Å². The molecule has 1 unspecified atom stereocenters. The first-order valence-electron chi connectivity index (χ1n) is 7.76. The van der Waals surface area contributed by atoms with Crippen molar-refractivity contribution in [1.29, 1.82) is 0 Å². The fourth-order valence-electron chi connectivity index (χ4n) is 3.02. The van der Waals surface area contributed by atoms with Crippen LogP contribution in [0, 0.1) is 12.8 Å². The van der Waals surface area contributed by atoms with Gasteiger partial charge in [0.15, 0.2) is 0 Å². The average Bonchev–Trinajstić information content (AvgIpc) is 2.66. The number of halogens is 1. The predicted octanol–water partition coefficient (Wildman–Crippen LogP) is 1.56. The maximum absolute atomic E-state index is 9.42. The second kappa shape index (κ2) is 7.58. The van der Waals surface area contributed by atoms with Gasteiger partial charge in [0.05, 0.1) is 11.8 Å². The number of hydrogen-bond acceptors (Lipinski definition) is 4. The van der Waals surface area contributed by atoms with E-state index in [4.69, 9.17) is 11.6 Å². The van der Waals surface area contributed by atoms with Crippen LogP contribution in [0.15, 0.2) is 0 Å². The first-order chi connectivity index (χ1) is 9.97. The van der Waals surface area contributed by atoms with E-state index in [0.29, 0.717) is 5.92 Å². The number of aliphatic hydroxyl groups excluding tert-OH is 1. The monoisotopic (exact) mass is 314 g/mol. The second-order valence-electron chi connectivity index (χ2n) is 6.20. The molecule has 120 valence electrons. The highest BCUT2D eigenvalue weighted by Gasteiger charge is 2.20. The molecule has 0 bridgehead atoms. The zero-order chi connectivity index (χ0) is 15.4. The third-order valence-corrected chi connectivity index (χ3v) is 4.71. The molecule has 0 saturated carbocycles. The van der Waals surface area contributed by atoms with Crippen molar-refractivity contribution in [3.8, 4) is 0 Å². The summed E-state index contributed by atoms with van der Waals surface area (Å²) in [7, 11) is 1.87. The van der Waals surface area contributed by atoms with E-state index in [9.17, 15) is 5.11 Å². The van der Waals surface area contributed by atoms with Gasteiger partial charge in [0.25, 0.3) is 0 Å². The Hall–Kier alpha value is -0.620. The molecular weight excluding hydrogens is 288 g/mol. The van der Waals surface area contributed by atoms with Crippen LogP contribution in [0.2, 0.25) is 5.15 Å². The number of likely N-dealkylation sites (tertiary alicyclic amines) is 1. The molecule has 1 fully saturated rings. The molecule has 21 heavy (non-hydrogen) atoms. The first-order valence-corrected chi connectivity index (χ1v) is 8.14. The van der Waals surface area contributed by atoms with E-state index >= 15 is 0 Å². The topological polar surface area (TPSA) is 53.3 Å². The zero-order valence-corrected chi connectivity index (χ0v) is 14.0. The van der Waals surface area contributed by atoms with E-state index < -0.39 is 0 Å². The molecule has 0 aliphatic carbocycles. The van der Waals surface area contributed by atoms with Gasteiger partial charge in [-0.15, -0.1) is 0 Å². The summed E-state index contributed by atoms with van der Waals surface area (Å²) in [6, 6.07) is 0. The Balaban J connectivity index is 1.70. The van der Waals surface area contributed by atoms with Gasteiger partial charge in [-0.05, 0) is 52.2 Å². The molecule has 0 aromatic carbocycles. The molecular formula is C15H27ClN4O. The normalized spacial score (nSPS) is 19.1. The van der Waals surface area contributed by atoms with E-state index in [1.54, 1.807) is 4.68 Å². The molecule has 0 spiro atoms. The minimum Gasteiger partial charge on any atom is -0.392 e. The van der Waals surface area contributed by atoms with Gasteiger partial charge in [0.2, 0.25) is 0 Å². The summed E-state index contributed by atoms with van der Waals surface area (Å²) in [5.41, 5.74) is 2.10. The van der Waals surface area contributed by atoms with Crippen LogP contribution in [-0.4, -0.2) is 52.1 Å². The average molecular weight is 315 g/mol. The maximum Gasteiger partial charge on any atom is 0.131 e. The van der Waals surface area contributed by atoms with Crippen molar-refractivity contribution < 1.29 is 5.11 Å². The molecule has 0 radical (unpaired) electrons. The van der Waals surface area contributed by atoms with Gasteiger partial charge in [-0.1, -0.05) is 11.6 Å². The van der Waals surface area contributed by atoms with Crippen LogP contribution in [0.1, 0.15) is 31.0 Å². The molecule has 1 aromatic heterocycles. The molecule has 5 nitrogen and oxygen atoms in total. The number of β-amino-alcohol motifs (C(OH)–C–C–N with tert-alkyl or cyclic N) is 1. The van der Waals surface area contributed by atoms with Gasteiger partial charge >= 0.3 is 0 Å². The fraction of sp³-hybridized carbons (Fsp3) is 0.800. The largest absolute Gasteiger partial charge is 0.392 e. The fourth-order valence-corrected chi connectivity index (χ4v) is 3.26. The number of aliphatic hydroxyl groups is 1. The number of piperidine rings is 1. The molecule has 6 heteroatoms. The molecule has 1 aliphatic heterocycles. The molecule has 2 N–H and O–H groups in total. The summed E-state index contributed by atoms with van der Waals surface area (Å²) in [6.07, 6.45) is 2.16. The lowest BCUT2D eigenvalue weighted by atomic mass is 9.96. The summed E-state index contributed by atoms with van der Waals surface area (Å²) < 4.78 is 1.72. The Morgan fingerprint density at radius 3 is 2.62 bits per heavy atom. The molecule has 1 atom stereocenters. The van der Waals surface area contributed by atoms with Crippen LogP contribution in [0.4, 0.5) is 0 Å². The Bertz CT molecular complexity index is 453. The second-order valence-corrected chi connectivity index (χ2v) is 6.56. The minimum absolute atomic E-state index is 0.227. The molecule has 1 aliphatic rings. The van der Waals surface area contributed by atoms with Crippen LogP contribution in [-0.2, 0) is 13.6 Å².